The van der Waals surface area contributed by atoms with Crippen molar-refractivity contribution >= 4 is 28.8 Å². The number of carbonyl (C=O) groups excluding carboxylic acids is 1. The monoisotopic (exact) mass is 360 g/mol. The zero-order valence-electron chi connectivity index (χ0n) is 14.2. The average molecular weight is 360 g/mol. The minimum atomic E-state index is -0.102. The number of aryl methyl sites for hydroxylation is 1. The summed E-state index contributed by atoms with van der Waals surface area (Å²) in [5, 5.41) is 10.5. The molecule has 1 aromatic carbocycles. The van der Waals surface area contributed by atoms with Gasteiger partial charge in [0.05, 0.1) is 12.0 Å². The van der Waals surface area contributed by atoms with Gasteiger partial charge in [-0.25, -0.2) is 14.4 Å². The summed E-state index contributed by atoms with van der Waals surface area (Å²) in [5.41, 5.74) is 4.53. The van der Waals surface area contributed by atoms with Gasteiger partial charge in [0.1, 0.15) is 11.0 Å². The highest BCUT2D eigenvalue weighted by Gasteiger charge is 2.10. The van der Waals surface area contributed by atoms with Crippen LogP contribution in [0, 0.1) is 6.92 Å². The summed E-state index contributed by atoms with van der Waals surface area (Å²) in [7, 11) is 1.76. The second kappa shape index (κ2) is 8.02. The maximum Gasteiger partial charge on any atom is 0.317 e. The van der Waals surface area contributed by atoms with Gasteiger partial charge in [0.15, 0.2) is 0 Å². The number of nitrogens with zero attached hydrogens (tertiary/aromatic N) is 4. The molecule has 0 aliphatic rings. The molecule has 2 aromatic heterocycles. The predicted octanol–water partition coefficient (Wildman–Crippen LogP) is 2.33. The molecule has 0 unspecified atom stereocenters. The topological polar surface area (TPSA) is 99.9 Å². The molecule has 132 valence electrons. The zero-order chi connectivity index (χ0) is 17.6. The first kappa shape index (κ1) is 17.3. The van der Waals surface area contributed by atoms with E-state index in [4.69, 9.17) is 0 Å². The third kappa shape index (κ3) is 4.50. The quantitative estimate of drug-likeness (QED) is 0.627. The van der Waals surface area contributed by atoms with Gasteiger partial charge in [-0.3, -0.25) is 0 Å². The summed E-state index contributed by atoms with van der Waals surface area (Å²) >= 11 is 1.74. The van der Waals surface area contributed by atoms with Crippen molar-refractivity contribution in [2.45, 2.75) is 19.2 Å². The third-order valence-corrected chi connectivity index (χ3v) is 4.75. The molecular weight excluding hydrogens is 340 g/mol. The Bertz CT molecular complexity index is 846. The van der Waals surface area contributed by atoms with Crippen molar-refractivity contribution in [3.05, 3.63) is 41.5 Å². The second-order valence-electron chi connectivity index (χ2n) is 5.70. The Labute approximate surface area is 149 Å². The molecule has 2 N–H and O–H groups in total. The van der Waals surface area contributed by atoms with Crippen molar-refractivity contribution in [3.8, 4) is 0 Å². The lowest BCUT2D eigenvalue weighted by Crippen LogP contribution is -2.37. The van der Waals surface area contributed by atoms with Crippen LogP contribution in [0.4, 0.5) is 4.79 Å². The number of thioether (sulfide) groups is 1. The van der Waals surface area contributed by atoms with Crippen LogP contribution < -0.4 is 5.32 Å². The fourth-order valence-electron chi connectivity index (χ4n) is 2.34. The van der Waals surface area contributed by atoms with Crippen LogP contribution in [0.5, 0.6) is 0 Å². The van der Waals surface area contributed by atoms with E-state index < -0.39 is 0 Å². The minimum absolute atomic E-state index is 0.102. The fraction of sp³-hybridized carbons (Fsp3) is 0.375. The summed E-state index contributed by atoms with van der Waals surface area (Å²) in [5.74, 6) is 1.68. The molecule has 0 atom stereocenters. The average Bonchev–Trinajstić information content (AvgIpc) is 3.22. The number of H-pyrrole nitrogens is 1. The maximum atomic E-state index is 12.1. The summed E-state index contributed by atoms with van der Waals surface area (Å²) < 4.78 is 4.68. The first-order valence-corrected chi connectivity index (χ1v) is 9.05. The molecule has 2 heterocycles. The lowest BCUT2D eigenvalue weighted by molar-refractivity contribution is 0.207. The molecule has 25 heavy (non-hydrogen) atoms. The Morgan fingerprint density at radius 3 is 3.00 bits per heavy atom. The normalized spacial score (nSPS) is 11.0. The smallest absolute Gasteiger partial charge is 0.317 e. The van der Waals surface area contributed by atoms with Crippen molar-refractivity contribution in [2.24, 2.45) is 0 Å². The predicted molar refractivity (Wildman–Crippen MR) is 96.2 cm³/mol. The SMILES string of the molecule is Cc1[nH]cnc1CSCCNC(=O)N(C)Cc1ccc2nonc2c1. The fourth-order valence-corrected chi connectivity index (χ4v) is 3.21. The van der Waals surface area contributed by atoms with Gasteiger partial charge in [0.25, 0.3) is 0 Å². The van der Waals surface area contributed by atoms with Crippen LogP contribution in [0.15, 0.2) is 29.2 Å². The van der Waals surface area contributed by atoms with Crippen molar-refractivity contribution in [1.29, 1.82) is 0 Å². The number of hydrogen-bond donors (Lipinski definition) is 2. The number of fused-ring (bicyclic) bond motifs is 1. The molecule has 0 aliphatic carbocycles. The number of imidazole rings is 1. The van der Waals surface area contributed by atoms with E-state index in [0.717, 1.165) is 28.5 Å². The molecule has 2 amide bonds. The zero-order valence-corrected chi connectivity index (χ0v) is 15.0. The van der Waals surface area contributed by atoms with E-state index in [0.29, 0.717) is 24.1 Å². The van der Waals surface area contributed by atoms with Gasteiger partial charge in [-0.1, -0.05) is 6.07 Å². The lowest BCUT2D eigenvalue weighted by atomic mass is 10.2. The van der Waals surface area contributed by atoms with Gasteiger partial charge >= 0.3 is 6.03 Å². The van der Waals surface area contributed by atoms with Gasteiger partial charge in [0, 0.05) is 37.3 Å². The number of aromatic amines is 1. The number of hydrogen-bond acceptors (Lipinski definition) is 6. The Balaban J connectivity index is 1.39. The first-order chi connectivity index (χ1) is 12.1. The van der Waals surface area contributed by atoms with Crippen LogP contribution in [-0.4, -0.2) is 50.6 Å². The summed E-state index contributed by atoms with van der Waals surface area (Å²) in [4.78, 5) is 21.1. The summed E-state index contributed by atoms with van der Waals surface area (Å²) in [6.07, 6.45) is 1.70. The highest BCUT2D eigenvalue weighted by Crippen LogP contribution is 2.13. The number of carbonyl (C=O) groups is 1. The molecule has 0 aliphatic heterocycles. The van der Waals surface area contributed by atoms with E-state index >= 15 is 0 Å². The van der Waals surface area contributed by atoms with Crippen LogP contribution in [0.1, 0.15) is 17.0 Å². The standard InChI is InChI=1S/C16H20N6O2S/c1-11-15(19-10-18-11)9-25-6-5-17-16(23)22(2)8-12-3-4-13-14(7-12)21-24-20-13/h3-4,7,10H,5-6,8-9H2,1-2H3,(H,17,23)(H,18,19). The Morgan fingerprint density at radius 1 is 1.36 bits per heavy atom. The molecule has 3 rings (SSSR count). The third-order valence-electron chi connectivity index (χ3n) is 3.78. The molecule has 0 radical (unpaired) electrons. The molecule has 3 aromatic rings. The molecule has 0 spiro atoms. The highest BCUT2D eigenvalue weighted by atomic mass is 32.2. The van der Waals surface area contributed by atoms with Crippen LogP contribution >= 0.6 is 11.8 Å². The van der Waals surface area contributed by atoms with Gasteiger partial charge in [-0.2, -0.15) is 11.8 Å². The van der Waals surface area contributed by atoms with Crippen LogP contribution in [0.2, 0.25) is 0 Å². The lowest BCUT2D eigenvalue weighted by Gasteiger charge is -2.18. The Kier molecular flexibility index (Phi) is 5.54. The molecule has 0 bridgehead atoms. The molecule has 8 nitrogen and oxygen atoms in total. The van der Waals surface area contributed by atoms with Gasteiger partial charge in [-0.15, -0.1) is 0 Å². The first-order valence-electron chi connectivity index (χ1n) is 7.90. The number of aromatic nitrogens is 4. The maximum absolute atomic E-state index is 12.1. The summed E-state index contributed by atoms with van der Waals surface area (Å²) in [6.45, 7) is 3.11. The Morgan fingerprint density at radius 2 is 2.20 bits per heavy atom. The van der Waals surface area contributed by atoms with Crippen molar-refractivity contribution in [3.63, 3.8) is 0 Å². The minimum Gasteiger partial charge on any atom is -0.348 e. The molecule has 0 saturated carbocycles. The molecular formula is C16H20N6O2S. The van der Waals surface area contributed by atoms with E-state index in [9.17, 15) is 4.79 Å². The molecule has 9 heteroatoms. The summed E-state index contributed by atoms with van der Waals surface area (Å²) in [6, 6.07) is 5.52. The number of nitrogens with one attached hydrogen (secondary N) is 2. The van der Waals surface area contributed by atoms with Crippen LogP contribution in [0.3, 0.4) is 0 Å². The van der Waals surface area contributed by atoms with Gasteiger partial charge in [0.2, 0.25) is 0 Å². The number of benzene rings is 1. The van der Waals surface area contributed by atoms with E-state index in [1.165, 1.54) is 0 Å². The van der Waals surface area contributed by atoms with Gasteiger partial charge < -0.3 is 15.2 Å². The van der Waals surface area contributed by atoms with E-state index in [-0.39, 0.29) is 6.03 Å². The second-order valence-corrected chi connectivity index (χ2v) is 6.81. The van der Waals surface area contributed by atoms with E-state index in [1.54, 1.807) is 30.0 Å². The van der Waals surface area contributed by atoms with Crippen molar-refractivity contribution in [1.82, 2.24) is 30.5 Å². The largest absolute Gasteiger partial charge is 0.348 e. The van der Waals surface area contributed by atoms with E-state index in [1.807, 2.05) is 25.1 Å². The van der Waals surface area contributed by atoms with E-state index in [2.05, 4.69) is 30.2 Å². The van der Waals surface area contributed by atoms with Crippen molar-refractivity contribution < 1.29 is 9.42 Å². The number of amides is 2. The van der Waals surface area contributed by atoms with Crippen LogP contribution in [0.25, 0.3) is 11.0 Å². The highest BCUT2D eigenvalue weighted by molar-refractivity contribution is 7.98. The number of urea groups is 1. The Hall–Kier alpha value is -2.55. The van der Waals surface area contributed by atoms with Gasteiger partial charge in [-0.05, 0) is 34.9 Å². The molecule has 0 saturated heterocycles. The molecule has 0 fully saturated rings. The van der Waals surface area contributed by atoms with Crippen LogP contribution in [-0.2, 0) is 12.3 Å². The van der Waals surface area contributed by atoms with Crippen molar-refractivity contribution in [2.75, 3.05) is 19.3 Å². The number of rotatable bonds is 7.